The molecule has 0 unspecified atom stereocenters. The van der Waals surface area contributed by atoms with Gasteiger partial charge in [-0.2, -0.15) is 11.8 Å². The number of aliphatic carboxylic acids is 1. The van der Waals surface area contributed by atoms with Crippen LogP contribution in [0.3, 0.4) is 0 Å². The molecule has 0 aliphatic heterocycles. The van der Waals surface area contributed by atoms with Gasteiger partial charge in [0.1, 0.15) is 5.75 Å². The number of benzene rings is 1. The lowest BCUT2D eigenvalue weighted by atomic mass is 10.1. The van der Waals surface area contributed by atoms with Crippen molar-refractivity contribution in [1.29, 1.82) is 0 Å². The smallest absolute Gasteiger partial charge is 0.328 e. The zero-order chi connectivity index (χ0) is 13.4. The normalized spacial score (nSPS) is 10.8. The molecule has 18 heavy (non-hydrogen) atoms. The predicted octanol–water partition coefficient (Wildman–Crippen LogP) is 3.22. The lowest BCUT2D eigenvalue weighted by Gasteiger charge is -2.09. The average molecular weight is 266 g/mol. The second-order valence-corrected chi connectivity index (χ2v) is 5.15. The Kier molecular flexibility index (Phi) is 6.36. The second-order valence-electron chi connectivity index (χ2n) is 3.76. The molecule has 0 aliphatic carbocycles. The number of thioether (sulfide) groups is 1. The summed E-state index contributed by atoms with van der Waals surface area (Å²) in [6.45, 7) is 4.71. The first kappa shape index (κ1) is 14.6. The summed E-state index contributed by atoms with van der Waals surface area (Å²) in [5, 5.41) is 8.65. The lowest BCUT2D eigenvalue weighted by Crippen LogP contribution is -2.02. The number of ether oxygens (including phenoxy) is 1. The fourth-order valence-corrected chi connectivity index (χ4v) is 1.94. The minimum absolute atomic E-state index is 0.634. The van der Waals surface area contributed by atoms with E-state index in [0.717, 1.165) is 34.5 Å². The Morgan fingerprint density at radius 2 is 2.28 bits per heavy atom. The second kappa shape index (κ2) is 7.82. The number of aryl methyl sites for hydroxylation is 1. The molecule has 1 N–H and O–H groups in total. The molecule has 1 rings (SSSR count). The van der Waals surface area contributed by atoms with Crippen LogP contribution in [0.2, 0.25) is 0 Å². The Morgan fingerprint density at radius 1 is 1.50 bits per heavy atom. The predicted molar refractivity (Wildman–Crippen MR) is 76.3 cm³/mol. The third-order valence-corrected chi connectivity index (χ3v) is 3.12. The maximum Gasteiger partial charge on any atom is 0.328 e. The van der Waals surface area contributed by atoms with E-state index in [1.807, 2.05) is 36.9 Å². The molecule has 4 heteroatoms. The fraction of sp³-hybridized carbons (Fsp3) is 0.357. The Hall–Kier alpha value is -1.42. The van der Waals surface area contributed by atoms with E-state index in [1.165, 1.54) is 0 Å². The molecule has 98 valence electrons. The Morgan fingerprint density at radius 3 is 2.94 bits per heavy atom. The number of rotatable bonds is 7. The van der Waals surface area contributed by atoms with Crippen LogP contribution in [0.4, 0.5) is 0 Å². The monoisotopic (exact) mass is 266 g/mol. The standard InChI is InChI=1S/C14H18O3S/c1-3-18-9-8-17-13-6-4-11(2)10-12(13)5-7-14(15)16/h4-7,10H,3,8-9H2,1-2H3,(H,15,16)/b7-5+. The quantitative estimate of drug-likeness (QED) is 0.608. The molecular weight excluding hydrogens is 248 g/mol. The summed E-state index contributed by atoms with van der Waals surface area (Å²) in [6.07, 6.45) is 2.69. The van der Waals surface area contributed by atoms with Crippen molar-refractivity contribution in [3.63, 3.8) is 0 Å². The summed E-state index contributed by atoms with van der Waals surface area (Å²) in [5.74, 6) is 1.79. The summed E-state index contributed by atoms with van der Waals surface area (Å²) in [7, 11) is 0. The molecule has 0 atom stereocenters. The van der Waals surface area contributed by atoms with Crippen LogP contribution in [0, 0.1) is 6.92 Å². The van der Waals surface area contributed by atoms with E-state index in [0.29, 0.717) is 6.61 Å². The molecule has 0 fully saturated rings. The van der Waals surface area contributed by atoms with Crippen molar-refractivity contribution >= 4 is 23.8 Å². The van der Waals surface area contributed by atoms with Crippen LogP contribution in [0.15, 0.2) is 24.3 Å². The van der Waals surface area contributed by atoms with Crippen LogP contribution in [0.5, 0.6) is 5.75 Å². The molecule has 0 spiro atoms. The summed E-state index contributed by atoms with van der Waals surface area (Å²) >= 11 is 1.82. The fourth-order valence-electron chi connectivity index (χ4n) is 1.45. The Bertz CT molecular complexity index is 427. The number of carboxylic acid groups (broad SMARTS) is 1. The van der Waals surface area contributed by atoms with Crippen molar-refractivity contribution in [3.05, 3.63) is 35.4 Å². The van der Waals surface area contributed by atoms with E-state index in [1.54, 1.807) is 6.08 Å². The van der Waals surface area contributed by atoms with Gasteiger partial charge in [0.15, 0.2) is 0 Å². The number of carboxylic acids is 1. The van der Waals surface area contributed by atoms with Crippen LogP contribution in [0.1, 0.15) is 18.1 Å². The first-order valence-corrected chi connectivity index (χ1v) is 7.01. The van der Waals surface area contributed by atoms with E-state index in [9.17, 15) is 4.79 Å². The minimum atomic E-state index is -0.955. The zero-order valence-electron chi connectivity index (χ0n) is 10.7. The summed E-state index contributed by atoms with van der Waals surface area (Å²) < 4.78 is 5.66. The van der Waals surface area contributed by atoms with Gasteiger partial charge in [0.25, 0.3) is 0 Å². The van der Waals surface area contributed by atoms with Crippen LogP contribution in [-0.2, 0) is 4.79 Å². The third kappa shape index (κ3) is 5.27. The molecule has 1 aromatic carbocycles. The maximum atomic E-state index is 10.5. The van der Waals surface area contributed by atoms with Crippen molar-refractivity contribution in [2.45, 2.75) is 13.8 Å². The summed E-state index contributed by atoms with van der Waals surface area (Å²) in [4.78, 5) is 10.5. The van der Waals surface area contributed by atoms with Crippen LogP contribution >= 0.6 is 11.8 Å². The number of carbonyl (C=O) groups is 1. The first-order valence-electron chi connectivity index (χ1n) is 5.85. The molecule has 0 saturated heterocycles. The van der Waals surface area contributed by atoms with Gasteiger partial charge in [0, 0.05) is 17.4 Å². The van der Waals surface area contributed by atoms with Gasteiger partial charge in [-0.05, 0) is 30.9 Å². The average Bonchev–Trinajstić information content (AvgIpc) is 2.34. The highest BCUT2D eigenvalue weighted by Crippen LogP contribution is 2.21. The van der Waals surface area contributed by atoms with E-state index >= 15 is 0 Å². The first-order chi connectivity index (χ1) is 8.63. The van der Waals surface area contributed by atoms with Crippen molar-refractivity contribution in [3.8, 4) is 5.75 Å². The SMILES string of the molecule is CCSCCOc1ccc(C)cc1/C=C/C(=O)O. The van der Waals surface area contributed by atoms with E-state index in [2.05, 4.69) is 6.92 Å². The highest BCUT2D eigenvalue weighted by Gasteiger charge is 2.02. The minimum Gasteiger partial charge on any atom is -0.492 e. The molecule has 0 heterocycles. The van der Waals surface area contributed by atoms with E-state index in [-0.39, 0.29) is 0 Å². The third-order valence-electron chi connectivity index (χ3n) is 2.26. The van der Waals surface area contributed by atoms with Crippen LogP contribution < -0.4 is 4.74 Å². The summed E-state index contributed by atoms with van der Waals surface area (Å²) in [6, 6.07) is 5.76. The van der Waals surface area contributed by atoms with Gasteiger partial charge >= 0.3 is 5.97 Å². The van der Waals surface area contributed by atoms with Crippen molar-refractivity contribution in [1.82, 2.24) is 0 Å². The topological polar surface area (TPSA) is 46.5 Å². The van der Waals surface area contributed by atoms with Crippen LogP contribution in [-0.4, -0.2) is 29.2 Å². The van der Waals surface area contributed by atoms with E-state index in [4.69, 9.17) is 9.84 Å². The molecule has 0 radical (unpaired) electrons. The highest BCUT2D eigenvalue weighted by molar-refractivity contribution is 7.99. The van der Waals surface area contributed by atoms with Crippen molar-refractivity contribution in [2.75, 3.05) is 18.1 Å². The highest BCUT2D eigenvalue weighted by atomic mass is 32.2. The van der Waals surface area contributed by atoms with Gasteiger partial charge < -0.3 is 9.84 Å². The van der Waals surface area contributed by atoms with Gasteiger partial charge in [-0.1, -0.05) is 18.6 Å². The molecule has 0 aromatic heterocycles. The Balaban J connectivity index is 2.73. The molecule has 0 bridgehead atoms. The molecule has 3 nitrogen and oxygen atoms in total. The zero-order valence-corrected chi connectivity index (χ0v) is 11.5. The Labute approximate surface area is 112 Å². The lowest BCUT2D eigenvalue weighted by molar-refractivity contribution is -0.131. The molecule has 0 saturated carbocycles. The van der Waals surface area contributed by atoms with Gasteiger partial charge in [-0.25, -0.2) is 4.79 Å². The number of hydrogen-bond acceptors (Lipinski definition) is 3. The van der Waals surface area contributed by atoms with Crippen molar-refractivity contribution < 1.29 is 14.6 Å². The largest absolute Gasteiger partial charge is 0.492 e. The van der Waals surface area contributed by atoms with Gasteiger partial charge in [0.05, 0.1) is 6.61 Å². The van der Waals surface area contributed by atoms with E-state index < -0.39 is 5.97 Å². The summed E-state index contributed by atoms with van der Waals surface area (Å²) in [5.41, 5.74) is 1.88. The number of hydrogen-bond donors (Lipinski definition) is 1. The van der Waals surface area contributed by atoms with Gasteiger partial charge in [-0.3, -0.25) is 0 Å². The van der Waals surface area contributed by atoms with Crippen molar-refractivity contribution in [2.24, 2.45) is 0 Å². The van der Waals surface area contributed by atoms with Gasteiger partial charge in [0.2, 0.25) is 0 Å². The molecule has 0 aliphatic rings. The van der Waals surface area contributed by atoms with Crippen LogP contribution in [0.25, 0.3) is 6.08 Å². The van der Waals surface area contributed by atoms with Gasteiger partial charge in [-0.15, -0.1) is 0 Å². The molecular formula is C14H18O3S. The molecule has 1 aromatic rings. The molecule has 0 amide bonds. The maximum absolute atomic E-state index is 10.5.